The summed E-state index contributed by atoms with van der Waals surface area (Å²) in [6.45, 7) is 5.36. The first kappa shape index (κ1) is 15.6. The van der Waals surface area contributed by atoms with Crippen LogP contribution in [0.2, 0.25) is 10.0 Å². The second-order valence-electron chi connectivity index (χ2n) is 4.72. The molecule has 1 N–H and O–H groups in total. The fraction of sp³-hybridized carbons (Fsp3) is 0.200. The number of aryl methyl sites for hydroxylation is 1. The maximum absolute atomic E-state index is 10.8. The molecule has 0 fully saturated rings. The highest BCUT2D eigenvalue weighted by Crippen LogP contribution is 2.25. The standard InChI is InChI=1S/C15H15Cl2N3O/c1-9-4-12(8-18-19-11(3)21)10(2)20(9)15-6-13(16)5-14(17)7-15/h4-8H,1-3H3,(H,19,21). The number of carbonyl (C=O) groups is 1. The minimum atomic E-state index is -0.207. The molecule has 0 aliphatic heterocycles. The topological polar surface area (TPSA) is 46.4 Å². The van der Waals surface area contributed by atoms with Crippen molar-refractivity contribution < 1.29 is 4.79 Å². The Kier molecular flexibility index (Phi) is 4.70. The highest BCUT2D eigenvalue weighted by atomic mass is 35.5. The first-order chi connectivity index (χ1) is 9.88. The van der Waals surface area contributed by atoms with Crippen LogP contribution in [0, 0.1) is 13.8 Å². The quantitative estimate of drug-likeness (QED) is 0.676. The molecule has 0 radical (unpaired) electrons. The number of hydrogen-bond acceptors (Lipinski definition) is 2. The normalized spacial score (nSPS) is 11.1. The van der Waals surface area contributed by atoms with Crippen molar-refractivity contribution in [2.24, 2.45) is 5.10 Å². The third-order valence-corrected chi connectivity index (χ3v) is 3.44. The lowest BCUT2D eigenvalue weighted by molar-refractivity contribution is -0.118. The lowest BCUT2D eigenvalue weighted by atomic mass is 10.2. The largest absolute Gasteiger partial charge is 0.318 e. The monoisotopic (exact) mass is 323 g/mol. The van der Waals surface area contributed by atoms with Crippen LogP contribution in [0.3, 0.4) is 0 Å². The van der Waals surface area contributed by atoms with Crippen LogP contribution in [0.25, 0.3) is 5.69 Å². The summed E-state index contributed by atoms with van der Waals surface area (Å²) in [5.74, 6) is -0.207. The molecule has 110 valence electrons. The van der Waals surface area contributed by atoms with E-state index in [-0.39, 0.29) is 5.91 Å². The summed E-state index contributed by atoms with van der Waals surface area (Å²) in [6.07, 6.45) is 1.62. The number of aromatic nitrogens is 1. The molecule has 0 unspecified atom stereocenters. The fourth-order valence-electron chi connectivity index (χ4n) is 2.18. The first-order valence-corrected chi connectivity index (χ1v) is 7.09. The third kappa shape index (κ3) is 3.65. The number of hydrogen-bond donors (Lipinski definition) is 1. The van der Waals surface area contributed by atoms with Crippen molar-refractivity contribution in [3.8, 4) is 5.69 Å². The van der Waals surface area contributed by atoms with E-state index in [1.54, 1.807) is 12.3 Å². The smallest absolute Gasteiger partial charge is 0.236 e. The third-order valence-electron chi connectivity index (χ3n) is 3.00. The summed E-state index contributed by atoms with van der Waals surface area (Å²) in [5.41, 5.74) is 6.20. The van der Waals surface area contributed by atoms with Gasteiger partial charge in [-0.15, -0.1) is 0 Å². The summed E-state index contributed by atoms with van der Waals surface area (Å²) in [4.78, 5) is 10.8. The first-order valence-electron chi connectivity index (χ1n) is 6.33. The lowest BCUT2D eigenvalue weighted by Crippen LogP contribution is -2.12. The van der Waals surface area contributed by atoms with E-state index < -0.39 is 0 Å². The van der Waals surface area contributed by atoms with E-state index in [1.807, 2.05) is 36.6 Å². The minimum Gasteiger partial charge on any atom is -0.318 e. The van der Waals surface area contributed by atoms with E-state index in [2.05, 4.69) is 10.5 Å². The Bertz CT molecular complexity index is 700. The number of amides is 1. The Balaban J connectivity index is 2.43. The average molecular weight is 324 g/mol. The molecule has 1 aromatic carbocycles. The zero-order chi connectivity index (χ0) is 15.6. The van der Waals surface area contributed by atoms with Crippen LogP contribution in [0.15, 0.2) is 29.4 Å². The molecule has 2 rings (SSSR count). The van der Waals surface area contributed by atoms with Gasteiger partial charge in [-0.05, 0) is 38.1 Å². The molecule has 0 bridgehead atoms. The maximum Gasteiger partial charge on any atom is 0.236 e. The molecule has 0 spiro atoms. The van der Waals surface area contributed by atoms with Crippen molar-refractivity contribution in [2.75, 3.05) is 0 Å². The Morgan fingerprint density at radius 3 is 2.38 bits per heavy atom. The van der Waals surface area contributed by atoms with Crippen LogP contribution in [0.4, 0.5) is 0 Å². The van der Waals surface area contributed by atoms with E-state index in [1.165, 1.54) is 6.92 Å². The van der Waals surface area contributed by atoms with Crippen LogP contribution >= 0.6 is 23.2 Å². The molecule has 0 aliphatic carbocycles. The Morgan fingerprint density at radius 2 is 1.81 bits per heavy atom. The van der Waals surface area contributed by atoms with E-state index >= 15 is 0 Å². The van der Waals surface area contributed by atoms with Gasteiger partial charge < -0.3 is 4.57 Å². The fourth-order valence-corrected chi connectivity index (χ4v) is 2.69. The summed E-state index contributed by atoms with van der Waals surface area (Å²) in [7, 11) is 0. The predicted octanol–water partition coefficient (Wildman–Crippen LogP) is 3.87. The minimum absolute atomic E-state index is 0.207. The molecule has 6 heteroatoms. The lowest BCUT2D eigenvalue weighted by Gasteiger charge is -2.10. The molecular formula is C15H15Cl2N3O. The Morgan fingerprint density at radius 1 is 1.19 bits per heavy atom. The van der Waals surface area contributed by atoms with Crippen LogP contribution in [-0.4, -0.2) is 16.7 Å². The molecule has 4 nitrogen and oxygen atoms in total. The average Bonchev–Trinajstić information content (AvgIpc) is 2.62. The maximum atomic E-state index is 10.8. The summed E-state index contributed by atoms with van der Waals surface area (Å²) in [5, 5.41) is 5.06. The molecule has 21 heavy (non-hydrogen) atoms. The van der Waals surface area contributed by atoms with Crippen molar-refractivity contribution in [2.45, 2.75) is 20.8 Å². The van der Waals surface area contributed by atoms with Gasteiger partial charge in [0, 0.05) is 39.6 Å². The molecule has 1 heterocycles. The predicted molar refractivity (Wildman–Crippen MR) is 86.7 cm³/mol. The van der Waals surface area contributed by atoms with Crippen LogP contribution < -0.4 is 5.43 Å². The van der Waals surface area contributed by atoms with Gasteiger partial charge in [0.25, 0.3) is 0 Å². The van der Waals surface area contributed by atoms with Crippen LogP contribution in [0.5, 0.6) is 0 Å². The highest BCUT2D eigenvalue weighted by molar-refractivity contribution is 6.34. The number of rotatable bonds is 3. The van der Waals surface area contributed by atoms with Gasteiger partial charge in [-0.25, -0.2) is 5.43 Å². The van der Waals surface area contributed by atoms with E-state index in [9.17, 15) is 4.79 Å². The molecular weight excluding hydrogens is 309 g/mol. The van der Waals surface area contributed by atoms with Gasteiger partial charge in [-0.3, -0.25) is 4.79 Å². The van der Waals surface area contributed by atoms with E-state index in [4.69, 9.17) is 23.2 Å². The van der Waals surface area contributed by atoms with Crippen LogP contribution in [-0.2, 0) is 4.79 Å². The van der Waals surface area contributed by atoms with Gasteiger partial charge in [0.2, 0.25) is 5.91 Å². The summed E-state index contributed by atoms with van der Waals surface area (Å²) in [6, 6.07) is 7.37. The van der Waals surface area contributed by atoms with Crippen molar-refractivity contribution in [1.29, 1.82) is 0 Å². The Labute approximate surface area is 133 Å². The van der Waals surface area contributed by atoms with Gasteiger partial charge in [-0.1, -0.05) is 23.2 Å². The molecule has 0 atom stereocenters. The van der Waals surface area contributed by atoms with Gasteiger partial charge in [-0.2, -0.15) is 5.10 Å². The zero-order valence-corrected chi connectivity index (χ0v) is 13.5. The summed E-state index contributed by atoms with van der Waals surface area (Å²) >= 11 is 12.1. The van der Waals surface area contributed by atoms with Gasteiger partial charge in [0.1, 0.15) is 0 Å². The Hall–Kier alpha value is -1.78. The number of benzene rings is 1. The molecule has 0 saturated carbocycles. The molecule has 1 amide bonds. The van der Waals surface area contributed by atoms with Gasteiger partial charge in [0.15, 0.2) is 0 Å². The molecule has 0 aliphatic rings. The summed E-state index contributed by atoms with van der Waals surface area (Å²) < 4.78 is 2.03. The van der Waals surface area contributed by atoms with Crippen molar-refractivity contribution in [1.82, 2.24) is 9.99 Å². The van der Waals surface area contributed by atoms with Gasteiger partial charge in [0.05, 0.1) is 6.21 Å². The van der Waals surface area contributed by atoms with Crippen molar-refractivity contribution in [3.05, 3.63) is 51.3 Å². The zero-order valence-electron chi connectivity index (χ0n) is 11.9. The van der Waals surface area contributed by atoms with Crippen molar-refractivity contribution >= 4 is 35.3 Å². The number of hydrazone groups is 1. The number of carbonyl (C=O) groups excluding carboxylic acids is 1. The highest BCUT2D eigenvalue weighted by Gasteiger charge is 2.10. The van der Waals surface area contributed by atoms with E-state index in [0.717, 1.165) is 22.6 Å². The molecule has 2 aromatic rings. The number of nitrogens with zero attached hydrogens (tertiary/aromatic N) is 2. The SMILES string of the molecule is CC(=O)NN=Cc1cc(C)n(-c2cc(Cl)cc(Cl)c2)c1C. The van der Waals surface area contributed by atoms with Gasteiger partial charge >= 0.3 is 0 Å². The van der Waals surface area contributed by atoms with Crippen LogP contribution in [0.1, 0.15) is 23.9 Å². The number of halogens is 2. The molecule has 1 aromatic heterocycles. The second kappa shape index (κ2) is 6.33. The molecule has 0 saturated heterocycles. The number of nitrogens with one attached hydrogen (secondary N) is 1. The van der Waals surface area contributed by atoms with E-state index in [0.29, 0.717) is 10.0 Å². The van der Waals surface area contributed by atoms with Crippen molar-refractivity contribution in [3.63, 3.8) is 0 Å². The second-order valence-corrected chi connectivity index (χ2v) is 5.59.